The van der Waals surface area contributed by atoms with Gasteiger partial charge in [-0.3, -0.25) is 4.79 Å². The zero-order valence-corrected chi connectivity index (χ0v) is 10.6. The molecule has 0 aromatic heterocycles. The predicted molar refractivity (Wildman–Crippen MR) is 62.5 cm³/mol. The number of esters is 1. The van der Waals surface area contributed by atoms with Crippen LogP contribution in [0.25, 0.3) is 0 Å². The first kappa shape index (κ1) is 14.0. The molecule has 5 heteroatoms. The number of likely N-dealkylation sites (tertiary alicyclic amines) is 1. The number of hydrogen-bond donors (Lipinski definition) is 0. The first-order valence-corrected chi connectivity index (χ1v) is 6.24. The summed E-state index contributed by atoms with van der Waals surface area (Å²) < 4.78 is 10.1. The first-order valence-electron chi connectivity index (χ1n) is 6.24. The van der Waals surface area contributed by atoms with Crippen molar-refractivity contribution < 1.29 is 19.1 Å². The van der Waals surface area contributed by atoms with E-state index < -0.39 is 6.04 Å². The molecule has 5 nitrogen and oxygen atoms in total. The monoisotopic (exact) mass is 243 g/mol. The van der Waals surface area contributed by atoms with Crippen molar-refractivity contribution in [2.75, 3.05) is 26.4 Å². The average molecular weight is 243 g/mol. The van der Waals surface area contributed by atoms with E-state index in [1.165, 1.54) is 0 Å². The van der Waals surface area contributed by atoms with E-state index in [0.29, 0.717) is 26.2 Å². The minimum Gasteiger partial charge on any atom is -0.464 e. The van der Waals surface area contributed by atoms with Gasteiger partial charge in [0, 0.05) is 13.2 Å². The van der Waals surface area contributed by atoms with E-state index in [9.17, 15) is 9.59 Å². The Balaban J connectivity index is 2.58. The van der Waals surface area contributed by atoms with Gasteiger partial charge >= 0.3 is 5.97 Å². The predicted octanol–water partition coefficient (Wildman–Crippen LogP) is 0.967. The largest absolute Gasteiger partial charge is 0.464 e. The summed E-state index contributed by atoms with van der Waals surface area (Å²) in [6.45, 7) is 5.13. The summed E-state index contributed by atoms with van der Waals surface area (Å²) in [5.41, 5.74) is 0. The molecule has 0 aromatic carbocycles. The van der Waals surface area contributed by atoms with Gasteiger partial charge in [-0.15, -0.1) is 0 Å². The SMILES string of the molecule is CCOCC(=O)N1CCCCC1C(=O)OCC. The molecule has 0 N–H and O–H groups in total. The number of ether oxygens (including phenoxy) is 2. The Morgan fingerprint density at radius 1 is 1.24 bits per heavy atom. The molecule has 1 rings (SSSR count). The standard InChI is InChI=1S/C12H21NO4/c1-3-16-9-11(14)13-8-6-5-7-10(13)12(15)17-4-2/h10H,3-9H2,1-2H3. The van der Waals surface area contributed by atoms with Gasteiger partial charge in [-0.25, -0.2) is 4.79 Å². The van der Waals surface area contributed by atoms with Crippen LogP contribution in [0, 0.1) is 0 Å². The van der Waals surface area contributed by atoms with Crippen LogP contribution in [0.15, 0.2) is 0 Å². The van der Waals surface area contributed by atoms with Crippen LogP contribution in [0.1, 0.15) is 33.1 Å². The number of nitrogens with zero attached hydrogens (tertiary/aromatic N) is 1. The highest BCUT2D eigenvalue weighted by Crippen LogP contribution is 2.18. The molecule has 1 unspecified atom stereocenters. The quantitative estimate of drug-likeness (QED) is 0.675. The van der Waals surface area contributed by atoms with Crippen molar-refractivity contribution in [3.05, 3.63) is 0 Å². The van der Waals surface area contributed by atoms with Crippen molar-refractivity contribution in [3.8, 4) is 0 Å². The number of piperidine rings is 1. The number of rotatable bonds is 5. The van der Waals surface area contributed by atoms with Crippen LogP contribution in [0.3, 0.4) is 0 Å². The van der Waals surface area contributed by atoms with Crippen molar-refractivity contribution in [2.24, 2.45) is 0 Å². The van der Waals surface area contributed by atoms with Crippen LogP contribution in [-0.4, -0.2) is 49.2 Å². The second-order valence-corrected chi connectivity index (χ2v) is 3.99. The van der Waals surface area contributed by atoms with E-state index in [-0.39, 0.29) is 18.5 Å². The van der Waals surface area contributed by atoms with E-state index in [0.717, 1.165) is 12.8 Å². The van der Waals surface area contributed by atoms with Gasteiger partial charge < -0.3 is 14.4 Å². The number of carbonyl (C=O) groups excluding carboxylic acids is 2. The number of hydrogen-bond acceptors (Lipinski definition) is 4. The molecule has 1 fully saturated rings. The minimum atomic E-state index is -0.420. The van der Waals surface area contributed by atoms with Gasteiger partial charge in [-0.2, -0.15) is 0 Å². The third kappa shape index (κ3) is 4.00. The van der Waals surface area contributed by atoms with Crippen molar-refractivity contribution in [2.45, 2.75) is 39.2 Å². The third-order valence-corrected chi connectivity index (χ3v) is 2.81. The van der Waals surface area contributed by atoms with Gasteiger partial charge in [0.1, 0.15) is 12.6 Å². The number of amides is 1. The molecule has 1 heterocycles. The summed E-state index contributed by atoms with van der Waals surface area (Å²) in [6, 6.07) is -0.420. The zero-order valence-electron chi connectivity index (χ0n) is 10.6. The van der Waals surface area contributed by atoms with Crippen LogP contribution in [0.2, 0.25) is 0 Å². The smallest absolute Gasteiger partial charge is 0.328 e. The van der Waals surface area contributed by atoms with E-state index >= 15 is 0 Å². The summed E-state index contributed by atoms with van der Waals surface area (Å²) in [5.74, 6) is -0.415. The van der Waals surface area contributed by atoms with Gasteiger partial charge in [0.25, 0.3) is 0 Å². The molecule has 1 aliphatic heterocycles. The van der Waals surface area contributed by atoms with Crippen LogP contribution in [0.5, 0.6) is 0 Å². The van der Waals surface area contributed by atoms with E-state index in [1.807, 2.05) is 6.92 Å². The lowest BCUT2D eigenvalue weighted by molar-refractivity contribution is -0.158. The van der Waals surface area contributed by atoms with E-state index in [2.05, 4.69) is 0 Å². The molecule has 17 heavy (non-hydrogen) atoms. The molecular formula is C12H21NO4. The molecule has 0 spiro atoms. The van der Waals surface area contributed by atoms with Crippen molar-refractivity contribution in [1.29, 1.82) is 0 Å². The molecule has 98 valence electrons. The molecule has 0 bridgehead atoms. The van der Waals surface area contributed by atoms with Crippen LogP contribution >= 0.6 is 0 Å². The molecule has 0 aliphatic carbocycles. The Kier molecular flexibility index (Phi) is 5.97. The Labute approximate surface area is 102 Å². The van der Waals surface area contributed by atoms with Crippen molar-refractivity contribution in [1.82, 2.24) is 4.90 Å². The van der Waals surface area contributed by atoms with Gasteiger partial charge in [-0.05, 0) is 33.1 Å². The van der Waals surface area contributed by atoms with Gasteiger partial charge in [-0.1, -0.05) is 0 Å². The zero-order chi connectivity index (χ0) is 12.7. The summed E-state index contributed by atoms with van der Waals surface area (Å²) >= 11 is 0. The third-order valence-electron chi connectivity index (χ3n) is 2.81. The fourth-order valence-electron chi connectivity index (χ4n) is 1.99. The molecule has 1 saturated heterocycles. The highest BCUT2D eigenvalue weighted by Gasteiger charge is 2.32. The van der Waals surface area contributed by atoms with E-state index in [1.54, 1.807) is 11.8 Å². The second-order valence-electron chi connectivity index (χ2n) is 3.99. The normalized spacial score (nSPS) is 20.1. The maximum absolute atomic E-state index is 11.9. The highest BCUT2D eigenvalue weighted by molar-refractivity contribution is 5.85. The number of carbonyl (C=O) groups is 2. The fourth-order valence-corrected chi connectivity index (χ4v) is 1.99. The van der Waals surface area contributed by atoms with Gasteiger partial charge in [0.2, 0.25) is 5.91 Å². The lowest BCUT2D eigenvalue weighted by Crippen LogP contribution is -2.49. The average Bonchev–Trinajstić information content (AvgIpc) is 2.36. The summed E-state index contributed by atoms with van der Waals surface area (Å²) in [6.07, 6.45) is 2.59. The fraction of sp³-hybridized carbons (Fsp3) is 0.833. The molecule has 0 saturated carbocycles. The van der Waals surface area contributed by atoms with Crippen LogP contribution in [-0.2, 0) is 19.1 Å². The van der Waals surface area contributed by atoms with Crippen molar-refractivity contribution in [3.63, 3.8) is 0 Å². The first-order chi connectivity index (χ1) is 8.20. The second kappa shape index (κ2) is 7.27. The van der Waals surface area contributed by atoms with E-state index in [4.69, 9.17) is 9.47 Å². The van der Waals surface area contributed by atoms with Gasteiger partial charge in [0.15, 0.2) is 0 Å². The lowest BCUT2D eigenvalue weighted by atomic mass is 10.0. The summed E-state index contributed by atoms with van der Waals surface area (Å²) in [5, 5.41) is 0. The van der Waals surface area contributed by atoms with Gasteiger partial charge in [0.05, 0.1) is 6.61 Å². The Morgan fingerprint density at radius 2 is 2.00 bits per heavy atom. The molecule has 1 aliphatic rings. The topological polar surface area (TPSA) is 55.8 Å². The Hall–Kier alpha value is -1.10. The lowest BCUT2D eigenvalue weighted by Gasteiger charge is -2.33. The molecule has 0 aromatic rings. The van der Waals surface area contributed by atoms with Crippen molar-refractivity contribution >= 4 is 11.9 Å². The molecular weight excluding hydrogens is 222 g/mol. The molecule has 0 radical (unpaired) electrons. The highest BCUT2D eigenvalue weighted by atomic mass is 16.5. The molecule has 1 amide bonds. The maximum atomic E-state index is 11.9. The minimum absolute atomic E-state index is 0.0480. The Bertz CT molecular complexity index is 267. The molecule has 1 atom stereocenters. The Morgan fingerprint density at radius 3 is 2.65 bits per heavy atom. The summed E-state index contributed by atoms with van der Waals surface area (Å²) in [7, 11) is 0. The summed E-state index contributed by atoms with van der Waals surface area (Å²) in [4.78, 5) is 25.2. The maximum Gasteiger partial charge on any atom is 0.328 e. The van der Waals surface area contributed by atoms with Crippen LogP contribution in [0.4, 0.5) is 0 Å². The van der Waals surface area contributed by atoms with Crippen LogP contribution < -0.4 is 0 Å².